The molecule has 1 saturated carbocycles. The molecule has 0 bridgehead atoms. The van der Waals surface area contributed by atoms with Crippen molar-refractivity contribution in [2.24, 2.45) is 5.92 Å². The average molecular weight is 210 g/mol. The summed E-state index contributed by atoms with van der Waals surface area (Å²) in [7, 11) is 1.78. The molecule has 0 aromatic carbocycles. The Labute approximate surface area is 92.3 Å². The molecule has 15 heavy (non-hydrogen) atoms. The minimum absolute atomic E-state index is 0.356. The zero-order valence-corrected chi connectivity index (χ0v) is 9.67. The number of nitrogens with one attached hydrogen (secondary N) is 1. The highest BCUT2D eigenvalue weighted by Crippen LogP contribution is 2.27. The SMILES string of the molecule is COC1CCN(C(=N)C2CCCCC2)C1. The Hall–Kier alpha value is -0.570. The summed E-state index contributed by atoms with van der Waals surface area (Å²) >= 11 is 0. The third-order valence-corrected chi connectivity index (χ3v) is 3.81. The lowest BCUT2D eigenvalue weighted by Gasteiger charge is -2.28. The van der Waals surface area contributed by atoms with Gasteiger partial charge in [0.2, 0.25) is 0 Å². The second-order valence-corrected chi connectivity index (χ2v) is 4.81. The summed E-state index contributed by atoms with van der Waals surface area (Å²) in [4.78, 5) is 2.23. The predicted octanol–water partition coefficient (Wildman–Crippen LogP) is 2.26. The largest absolute Gasteiger partial charge is 0.380 e. The van der Waals surface area contributed by atoms with Crippen molar-refractivity contribution in [3.05, 3.63) is 0 Å². The van der Waals surface area contributed by atoms with Crippen molar-refractivity contribution in [2.75, 3.05) is 20.2 Å². The van der Waals surface area contributed by atoms with Crippen LogP contribution in [-0.2, 0) is 4.74 Å². The number of likely N-dealkylation sites (tertiary alicyclic amines) is 1. The molecular formula is C12H22N2O. The standard InChI is InChI=1S/C12H22N2O/c1-15-11-7-8-14(9-11)12(13)10-5-3-2-4-6-10/h10-11,13H,2-9H2,1H3. The van der Waals surface area contributed by atoms with Crippen LogP contribution < -0.4 is 0 Å². The van der Waals surface area contributed by atoms with Crippen molar-refractivity contribution in [3.63, 3.8) is 0 Å². The lowest BCUT2D eigenvalue weighted by atomic mass is 9.88. The van der Waals surface area contributed by atoms with Crippen LogP contribution in [0.4, 0.5) is 0 Å². The number of rotatable bonds is 2. The van der Waals surface area contributed by atoms with Gasteiger partial charge in [-0.3, -0.25) is 5.41 Å². The molecule has 1 unspecified atom stereocenters. The van der Waals surface area contributed by atoms with Gasteiger partial charge in [0, 0.05) is 26.1 Å². The van der Waals surface area contributed by atoms with E-state index in [0.717, 1.165) is 25.3 Å². The zero-order chi connectivity index (χ0) is 10.7. The summed E-state index contributed by atoms with van der Waals surface area (Å²) in [5.74, 6) is 1.42. The van der Waals surface area contributed by atoms with Gasteiger partial charge in [-0.1, -0.05) is 19.3 Å². The summed E-state index contributed by atoms with van der Waals surface area (Å²) in [6.07, 6.45) is 7.90. The molecule has 1 atom stereocenters. The molecule has 3 heteroatoms. The Morgan fingerprint density at radius 2 is 1.93 bits per heavy atom. The number of ether oxygens (including phenoxy) is 1. The van der Waals surface area contributed by atoms with E-state index in [1.807, 2.05) is 0 Å². The van der Waals surface area contributed by atoms with E-state index < -0.39 is 0 Å². The minimum Gasteiger partial charge on any atom is -0.380 e. The number of methoxy groups -OCH3 is 1. The van der Waals surface area contributed by atoms with Gasteiger partial charge < -0.3 is 9.64 Å². The topological polar surface area (TPSA) is 36.3 Å². The first-order chi connectivity index (χ1) is 7.31. The fraction of sp³-hybridized carbons (Fsp3) is 0.917. The smallest absolute Gasteiger partial charge is 0.0990 e. The van der Waals surface area contributed by atoms with E-state index in [0.29, 0.717) is 12.0 Å². The van der Waals surface area contributed by atoms with E-state index in [4.69, 9.17) is 10.1 Å². The van der Waals surface area contributed by atoms with E-state index in [1.54, 1.807) is 7.11 Å². The molecular weight excluding hydrogens is 188 g/mol. The number of amidine groups is 1. The Morgan fingerprint density at radius 1 is 1.20 bits per heavy atom. The van der Waals surface area contributed by atoms with Gasteiger partial charge in [0.1, 0.15) is 0 Å². The monoisotopic (exact) mass is 210 g/mol. The molecule has 2 rings (SSSR count). The van der Waals surface area contributed by atoms with Crippen molar-refractivity contribution in [1.82, 2.24) is 4.90 Å². The molecule has 0 spiro atoms. The molecule has 1 aliphatic heterocycles. The number of hydrogen-bond donors (Lipinski definition) is 1. The maximum absolute atomic E-state index is 8.22. The highest BCUT2D eigenvalue weighted by atomic mass is 16.5. The molecule has 1 N–H and O–H groups in total. The van der Waals surface area contributed by atoms with Crippen molar-refractivity contribution < 1.29 is 4.74 Å². The third-order valence-electron chi connectivity index (χ3n) is 3.81. The van der Waals surface area contributed by atoms with Gasteiger partial charge in [-0.25, -0.2) is 0 Å². The van der Waals surface area contributed by atoms with E-state index in [1.165, 1.54) is 32.1 Å². The van der Waals surface area contributed by atoms with Crippen LogP contribution in [0.3, 0.4) is 0 Å². The zero-order valence-electron chi connectivity index (χ0n) is 9.67. The quantitative estimate of drug-likeness (QED) is 0.560. The molecule has 0 aromatic rings. The molecule has 86 valence electrons. The van der Waals surface area contributed by atoms with Gasteiger partial charge in [0.05, 0.1) is 11.9 Å². The van der Waals surface area contributed by atoms with Crippen LogP contribution in [0, 0.1) is 11.3 Å². The van der Waals surface area contributed by atoms with Crippen LogP contribution in [0.1, 0.15) is 38.5 Å². The first-order valence-electron chi connectivity index (χ1n) is 6.17. The Bertz CT molecular complexity index is 224. The second kappa shape index (κ2) is 4.97. The van der Waals surface area contributed by atoms with E-state index in [2.05, 4.69) is 4.90 Å². The van der Waals surface area contributed by atoms with Crippen molar-refractivity contribution in [3.8, 4) is 0 Å². The highest BCUT2D eigenvalue weighted by molar-refractivity contribution is 5.82. The molecule has 2 aliphatic rings. The van der Waals surface area contributed by atoms with Gasteiger partial charge >= 0.3 is 0 Å². The molecule has 1 saturated heterocycles. The van der Waals surface area contributed by atoms with Crippen LogP contribution in [0.25, 0.3) is 0 Å². The predicted molar refractivity (Wildman–Crippen MR) is 61.3 cm³/mol. The summed E-state index contributed by atoms with van der Waals surface area (Å²) < 4.78 is 5.34. The Balaban J connectivity index is 1.85. The fourth-order valence-corrected chi connectivity index (χ4v) is 2.77. The summed E-state index contributed by atoms with van der Waals surface area (Å²) in [5.41, 5.74) is 0. The summed E-state index contributed by atoms with van der Waals surface area (Å²) in [6.45, 7) is 1.96. The van der Waals surface area contributed by atoms with Gasteiger partial charge in [-0.05, 0) is 19.3 Å². The van der Waals surface area contributed by atoms with Crippen molar-refractivity contribution >= 4 is 5.84 Å². The fourth-order valence-electron chi connectivity index (χ4n) is 2.77. The third kappa shape index (κ3) is 2.51. The molecule has 1 aliphatic carbocycles. The molecule has 0 aromatic heterocycles. The van der Waals surface area contributed by atoms with Crippen LogP contribution >= 0.6 is 0 Å². The molecule has 0 radical (unpaired) electrons. The average Bonchev–Trinajstić information content (AvgIpc) is 2.78. The van der Waals surface area contributed by atoms with Crippen molar-refractivity contribution in [1.29, 1.82) is 5.41 Å². The number of nitrogens with zero attached hydrogens (tertiary/aromatic N) is 1. The lowest BCUT2D eigenvalue weighted by molar-refractivity contribution is 0.113. The molecule has 2 fully saturated rings. The van der Waals surface area contributed by atoms with E-state index in [9.17, 15) is 0 Å². The number of hydrogen-bond acceptors (Lipinski definition) is 2. The van der Waals surface area contributed by atoms with Crippen LogP contribution in [0.2, 0.25) is 0 Å². The first-order valence-corrected chi connectivity index (χ1v) is 6.17. The molecule has 1 heterocycles. The minimum atomic E-state index is 0.356. The van der Waals surface area contributed by atoms with Crippen LogP contribution in [0.15, 0.2) is 0 Å². The summed E-state index contributed by atoms with van der Waals surface area (Å²) in [5, 5.41) is 8.22. The summed E-state index contributed by atoms with van der Waals surface area (Å²) in [6, 6.07) is 0. The van der Waals surface area contributed by atoms with E-state index >= 15 is 0 Å². The van der Waals surface area contributed by atoms with E-state index in [-0.39, 0.29) is 0 Å². The second-order valence-electron chi connectivity index (χ2n) is 4.81. The van der Waals surface area contributed by atoms with Crippen molar-refractivity contribution in [2.45, 2.75) is 44.6 Å². The normalized spacial score (nSPS) is 28.3. The Morgan fingerprint density at radius 3 is 2.53 bits per heavy atom. The highest BCUT2D eigenvalue weighted by Gasteiger charge is 2.28. The maximum atomic E-state index is 8.22. The molecule has 3 nitrogen and oxygen atoms in total. The maximum Gasteiger partial charge on any atom is 0.0990 e. The van der Waals surface area contributed by atoms with Crippen LogP contribution in [0.5, 0.6) is 0 Å². The van der Waals surface area contributed by atoms with Crippen LogP contribution in [-0.4, -0.2) is 37.0 Å². The lowest BCUT2D eigenvalue weighted by Crippen LogP contribution is -2.35. The first kappa shape index (κ1) is 10.9. The van der Waals surface area contributed by atoms with Gasteiger partial charge in [-0.15, -0.1) is 0 Å². The van der Waals surface area contributed by atoms with Gasteiger partial charge in [0.25, 0.3) is 0 Å². The van der Waals surface area contributed by atoms with Gasteiger partial charge in [0.15, 0.2) is 0 Å². The molecule has 0 amide bonds. The van der Waals surface area contributed by atoms with Gasteiger partial charge in [-0.2, -0.15) is 0 Å². The Kier molecular flexibility index (Phi) is 3.62.